The Kier molecular flexibility index (Phi) is 5.66. The maximum atomic E-state index is 2.48. The first-order valence-electron chi connectivity index (χ1n) is 17.4. The predicted molar refractivity (Wildman–Crippen MR) is 208 cm³/mol. The van der Waals surface area contributed by atoms with E-state index in [4.69, 9.17) is 0 Å². The first-order chi connectivity index (χ1) is 24.8. The third kappa shape index (κ3) is 3.61. The average Bonchev–Trinajstić information content (AvgIpc) is 3.80. The molecule has 0 bridgehead atoms. The van der Waals surface area contributed by atoms with Crippen LogP contribution >= 0.6 is 0 Å². The summed E-state index contributed by atoms with van der Waals surface area (Å²) in [7, 11) is 0. The summed E-state index contributed by atoms with van der Waals surface area (Å²) >= 11 is 0. The highest BCUT2D eigenvalue weighted by Gasteiger charge is 2.51. The number of para-hydroxylation sites is 1. The van der Waals surface area contributed by atoms with Gasteiger partial charge in [-0.3, -0.25) is 0 Å². The Morgan fingerprint density at radius 2 is 0.780 bits per heavy atom. The number of hydrogen-bond acceptors (Lipinski definition) is 0. The van der Waals surface area contributed by atoms with Crippen molar-refractivity contribution in [3.63, 3.8) is 0 Å². The normalized spacial score (nSPS) is 13.4. The van der Waals surface area contributed by atoms with Gasteiger partial charge in [-0.05, 0) is 103 Å². The third-order valence-electron chi connectivity index (χ3n) is 11.2. The van der Waals surface area contributed by atoms with E-state index in [2.05, 4.69) is 193 Å². The fourth-order valence-electron chi connectivity index (χ4n) is 9.14. The van der Waals surface area contributed by atoms with Gasteiger partial charge in [0, 0.05) is 16.5 Å². The molecule has 8 aromatic carbocycles. The largest absolute Gasteiger partial charge is 0.309 e. The number of nitrogens with zero attached hydrogens (tertiary/aromatic N) is 1. The van der Waals surface area contributed by atoms with Crippen LogP contribution in [0.3, 0.4) is 0 Å². The van der Waals surface area contributed by atoms with Crippen LogP contribution in [-0.2, 0) is 5.41 Å². The molecule has 232 valence electrons. The quantitative estimate of drug-likeness (QED) is 0.182. The van der Waals surface area contributed by atoms with Crippen molar-refractivity contribution in [1.29, 1.82) is 0 Å². The van der Waals surface area contributed by atoms with Crippen LogP contribution in [0.2, 0.25) is 0 Å². The van der Waals surface area contributed by atoms with Gasteiger partial charge in [0.2, 0.25) is 0 Å². The van der Waals surface area contributed by atoms with E-state index in [1.165, 1.54) is 94.3 Å². The number of rotatable bonds is 3. The zero-order valence-electron chi connectivity index (χ0n) is 27.3. The van der Waals surface area contributed by atoms with Crippen LogP contribution in [-0.4, -0.2) is 4.57 Å². The Morgan fingerprint density at radius 3 is 1.46 bits per heavy atom. The lowest BCUT2D eigenvalue weighted by Gasteiger charge is -2.30. The highest BCUT2D eigenvalue weighted by molar-refractivity contribution is 6.10. The molecule has 2 aliphatic carbocycles. The third-order valence-corrected chi connectivity index (χ3v) is 11.2. The van der Waals surface area contributed by atoms with Crippen molar-refractivity contribution in [1.82, 2.24) is 4.57 Å². The molecule has 2 aliphatic rings. The van der Waals surface area contributed by atoms with Crippen molar-refractivity contribution < 1.29 is 0 Å². The topological polar surface area (TPSA) is 4.93 Å². The summed E-state index contributed by atoms with van der Waals surface area (Å²) in [5.74, 6) is 0. The smallest absolute Gasteiger partial charge is 0.0725 e. The van der Waals surface area contributed by atoms with Crippen molar-refractivity contribution >= 4 is 21.8 Å². The fourth-order valence-corrected chi connectivity index (χ4v) is 9.14. The van der Waals surface area contributed by atoms with E-state index in [0.717, 1.165) is 0 Å². The monoisotopic (exact) mass is 633 g/mol. The molecule has 1 aromatic heterocycles. The molecule has 1 spiro atoms. The van der Waals surface area contributed by atoms with Gasteiger partial charge in [-0.2, -0.15) is 0 Å². The Labute approximate surface area is 291 Å². The maximum absolute atomic E-state index is 2.48. The summed E-state index contributed by atoms with van der Waals surface area (Å²) < 4.78 is 2.41. The molecule has 0 saturated heterocycles. The van der Waals surface area contributed by atoms with Gasteiger partial charge in [-0.25, -0.2) is 0 Å². The maximum Gasteiger partial charge on any atom is 0.0725 e. The first kappa shape index (κ1) is 27.5. The minimum Gasteiger partial charge on any atom is -0.309 e. The lowest BCUT2D eigenvalue weighted by atomic mass is 9.70. The van der Waals surface area contributed by atoms with Crippen LogP contribution in [0.1, 0.15) is 22.3 Å². The SMILES string of the molecule is c1ccc(-c2ccc(-n3c4ccccc4c4cc(-c5ccc6c(c5)C5(c7ccccc7-c7ccccc75)c5ccccc5-6)ccc43)cc2)cc1. The van der Waals surface area contributed by atoms with Gasteiger partial charge >= 0.3 is 0 Å². The number of fused-ring (bicyclic) bond motifs is 13. The second-order valence-electron chi connectivity index (χ2n) is 13.6. The summed E-state index contributed by atoms with van der Waals surface area (Å²) in [5, 5.41) is 2.53. The number of benzene rings is 8. The van der Waals surface area contributed by atoms with E-state index in [0.29, 0.717) is 0 Å². The van der Waals surface area contributed by atoms with Crippen molar-refractivity contribution in [3.8, 4) is 50.2 Å². The van der Waals surface area contributed by atoms with E-state index >= 15 is 0 Å². The fraction of sp³-hybridized carbons (Fsp3) is 0.0204. The van der Waals surface area contributed by atoms with E-state index in [9.17, 15) is 0 Å². The molecule has 0 saturated carbocycles. The van der Waals surface area contributed by atoms with Crippen LogP contribution < -0.4 is 0 Å². The van der Waals surface area contributed by atoms with Gasteiger partial charge in [-0.15, -0.1) is 0 Å². The van der Waals surface area contributed by atoms with Crippen LogP contribution in [0.5, 0.6) is 0 Å². The lowest BCUT2D eigenvalue weighted by molar-refractivity contribution is 0.794. The van der Waals surface area contributed by atoms with Gasteiger partial charge in [0.05, 0.1) is 16.4 Å². The summed E-state index contributed by atoms with van der Waals surface area (Å²) in [6.45, 7) is 0. The predicted octanol–water partition coefficient (Wildman–Crippen LogP) is 12.5. The van der Waals surface area contributed by atoms with Crippen LogP contribution in [0, 0.1) is 0 Å². The summed E-state index contributed by atoms with van der Waals surface area (Å²) in [6.07, 6.45) is 0. The van der Waals surface area contributed by atoms with E-state index in [1.807, 2.05) is 0 Å². The second kappa shape index (κ2) is 10.3. The number of hydrogen-bond donors (Lipinski definition) is 0. The molecule has 1 nitrogen and oxygen atoms in total. The van der Waals surface area contributed by atoms with Crippen LogP contribution in [0.4, 0.5) is 0 Å². The second-order valence-corrected chi connectivity index (χ2v) is 13.6. The highest BCUT2D eigenvalue weighted by atomic mass is 15.0. The van der Waals surface area contributed by atoms with Gasteiger partial charge in [-0.1, -0.05) is 152 Å². The van der Waals surface area contributed by atoms with Crippen molar-refractivity contribution in [2.24, 2.45) is 0 Å². The van der Waals surface area contributed by atoms with Crippen molar-refractivity contribution in [2.45, 2.75) is 5.41 Å². The van der Waals surface area contributed by atoms with E-state index in [-0.39, 0.29) is 5.41 Å². The Morgan fingerprint density at radius 1 is 0.300 bits per heavy atom. The van der Waals surface area contributed by atoms with E-state index < -0.39 is 0 Å². The van der Waals surface area contributed by atoms with Crippen LogP contribution in [0.15, 0.2) is 188 Å². The molecule has 1 heteroatoms. The minimum atomic E-state index is -0.346. The molecule has 11 rings (SSSR count). The van der Waals surface area contributed by atoms with Gasteiger partial charge < -0.3 is 4.57 Å². The molecule has 0 N–H and O–H groups in total. The molecule has 0 aliphatic heterocycles. The minimum absolute atomic E-state index is 0.346. The zero-order valence-corrected chi connectivity index (χ0v) is 27.3. The molecular formula is C49H31N. The molecule has 0 fully saturated rings. The standard InChI is InChI=1S/C49H31N/c1-2-12-32(13-3-1)33-22-26-36(27-23-33)50-47-21-11-7-17-41(47)42-30-34(25-29-48(42)50)35-24-28-40-39-16-6-10-20-45(39)49(46(40)31-35)43-18-8-4-14-37(43)38-15-5-9-19-44(38)49/h1-31H. The summed E-state index contributed by atoms with van der Waals surface area (Å²) in [6, 6.07) is 69.6. The molecule has 0 unspecified atom stereocenters. The molecule has 0 amide bonds. The van der Waals surface area contributed by atoms with Crippen LogP contribution in [0.25, 0.3) is 72.0 Å². The van der Waals surface area contributed by atoms with E-state index in [1.54, 1.807) is 0 Å². The molecule has 1 heterocycles. The van der Waals surface area contributed by atoms with Gasteiger partial charge in [0.1, 0.15) is 0 Å². The first-order valence-corrected chi connectivity index (χ1v) is 17.4. The Bertz CT molecular complexity index is 2740. The van der Waals surface area contributed by atoms with Gasteiger partial charge in [0.25, 0.3) is 0 Å². The summed E-state index contributed by atoms with van der Waals surface area (Å²) in [4.78, 5) is 0. The molecular weight excluding hydrogens is 603 g/mol. The molecule has 9 aromatic rings. The highest BCUT2D eigenvalue weighted by Crippen LogP contribution is 2.63. The van der Waals surface area contributed by atoms with Crippen molar-refractivity contribution in [2.75, 3.05) is 0 Å². The number of aromatic nitrogens is 1. The molecule has 0 radical (unpaired) electrons. The van der Waals surface area contributed by atoms with Crippen molar-refractivity contribution in [3.05, 3.63) is 210 Å². The average molecular weight is 634 g/mol. The Hall–Kier alpha value is -6.44. The lowest BCUT2D eigenvalue weighted by Crippen LogP contribution is -2.25. The molecule has 0 atom stereocenters. The van der Waals surface area contributed by atoms with Gasteiger partial charge in [0.15, 0.2) is 0 Å². The summed E-state index contributed by atoms with van der Waals surface area (Å²) in [5.41, 5.74) is 19.0. The zero-order chi connectivity index (χ0) is 32.8. The Balaban J connectivity index is 1.10. The molecule has 50 heavy (non-hydrogen) atoms.